The number of amides is 2. The number of hydrogen-bond acceptors (Lipinski definition) is 2. The molecule has 126 valence electrons. The van der Waals surface area contributed by atoms with Gasteiger partial charge in [0.1, 0.15) is 0 Å². The maximum absolute atomic E-state index is 12.2. The molecule has 1 saturated heterocycles. The Morgan fingerprint density at radius 3 is 2.32 bits per heavy atom. The second kappa shape index (κ2) is 8.54. The predicted molar refractivity (Wildman–Crippen MR) is 88.3 cm³/mol. The summed E-state index contributed by atoms with van der Waals surface area (Å²) in [7, 11) is 0. The van der Waals surface area contributed by atoms with E-state index in [0.29, 0.717) is 0 Å². The number of likely N-dealkylation sites (tertiary alicyclic amines) is 1. The van der Waals surface area contributed by atoms with Crippen molar-refractivity contribution >= 4 is 11.8 Å². The molecular formula is C18H32N2O2. The van der Waals surface area contributed by atoms with Gasteiger partial charge in [0.25, 0.3) is 0 Å². The largest absolute Gasteiger partial charge is 0.356 e. The van der Waals surface area contributed by atoms with E-state index in [-0.39, 0.29) is 23.7 Å². The lowest BCUT2D eigenvalue weighted by Gasteiger charge is -2.32. The number of hydrogen-bond donors (Lipinski definition) is 1. The monoisotopic (exact) mass is 308 g/mol. The molecule has 2 aliphatic rings. The molecule has 1 saturated carbocycles. The van der Waals surface area contributed by atoms with Gasteiger partial charge in [0.2, 0.25) is 11.8 Å². The Balaban J connectivity index is 1.59. The summed E-state index contributed by atoms with van der Waals surface area (Å²) >= 11 is 0. The second-order valence-electron chi connectivity index (χ2n) is 7.34. The zero-order valence-corrected chi connectivity index (χ0v) is 14.3. The third kappa shape index (κ3) is 4.99. The third-order valence-electron chi connectivity index (χ3n) is 5.23. The summed E-state index contributed by atoms with van der Waals surface area (Å²) in [6, 6.07) is 0. The van der Waals surface area contributed by atoms with Gasteiger partial charge in [-0.1, -0.05) is 39.5 Å². The average Bonchev–Trinajstić information content (AvgIpc) is 3.04. The van der Waals surface area contributed by atoms with E-state index in [1.54, 1.807) is 0 Å². The summed E-state index contributed by atoms with van der Waals surface area (Å²) in [4.78, 5) is 26.0. The molecule has 22 heavy (non-hydrogen) atoms. The molecule has 1 aliphatic carbocycles. The van der Waals surface area contributed by atoms with E-state index >= 15 is 0 Å². The molecule has 0 aromatic heterocycles. The van der Waals surface area contributed by atoms with Crippen LogP contribution in [0.1, 0.15) is 65.2 Å². The lowest BCUT2D eigenvalue weighted by atomic mass is 9.95. The predicted octanol–water partition coefficient (Wildman–Crippen LogP) is 2.97. The lowest BCUT2D eigenvalue weighted by Crippen LogP contribution is -2.44. The summed E-state index contributed by atoms with van der Waals surface area (Å²) in [6.07, 6.45) is 9.56. The first-order valence-corrected chi connectivity index (χ1v) is 9.14. The molecule has 4 heteroatoms. The molecule has 2 rings (SSSR count). The molecule has 0 unspecified atom stereocenters. The normalized spacial score (nSPS) is 20.6. The number of nitrogens with zero attached hydrogens (tertiary/aromatic N) is 1. The van der Waals surface area contributed by atoms with Gasteiger partial charge in [0.15, 0.2) is 0 Å². The summed E-state index contributed by atoms with van der Waals surface area (Å²) < 4.78 is 0. The minimum absolute atomic E-state index is 0.0564. The Morgan fingerprint density at radius 2 is 1.73 bits per heavy atom. The number of rotatable bonds is 6. The molecule has 1 N–H and O–H groups in total. The first-order valence-electron chi connectivity index (χ1n) is 9.14. The van der Waals surface area contributed by atoms with Crippen molar-refractivity contribution in [2.45, 2.75) is 65.2 Å². The molecule has 0 atom stereocenters. The first-order chi connectivity index (χ1) is 10.6. The van der Waals surface area contributed by atoms with Crippen LogP contribution in [0.3, 0.4) is 0 Å². The van der Waals surface area contributed by atoms with E-state index in [1.807, 2.05) is 18.7 Å². The Hall–Kier alpha value is -1.06. The van der Waals surface area contributed by atoms with Crippen LogP contribution in [0.2, 0.25) is 0 Å². The van der Waals surface area contributed by atoms with Crippen molar-refractivity contribution in [3.05, 3.63) is 0 Å². The van der Waals surface area contributed by atoms with Crippen LogP contribution in [0.4, 0.5) is 0 Å². The second-order valence-corrected chi connectivity index (χ2v) is 7.34. The Kier molecular flexibility index (Phi) is 6.71. The molecular weight excluding hydrogens is 276 g/mol. The van der Waals surface area contributed by atoms with Crippen molar-refractivity contribution in [3.63, 3.8) is 0 Å². The fraction of sp³-hybridized carbons (Fsp3) is 0.889. The molecule has 1 heterocycles. The van der Waals surface area contributed by atoms with Gasteiger partial charge in [-0.2, -0.15) is 0 Å². The Labute approximate surface area is 135 Å². The fourth-order valence-electron chi connectivity index (χ4n) is 3.77. The standard InChI is InChI=1S/C18H32N2O2/c1-14(2)18(22)20-12-9-16(10-13-20)17(21)19-11-5-8-15-6-3-4-7-15/h14-16H,3-13H2,1-2H3,(H,19,21). The highest BCUT2D eigenvalue weighted by Gasteiger charge is 2.27. The highest BCUT2D eigenvalue weighted by Crippen LogP contribution is 2.28. The highest BCUT2D eigenvalue weighted by molar-refractivity contribution is 5.80. The van der Waals surface area contributed by atoms with Crippen molar-refractivity contribution in [2.24, 2.45) is 17.8 Å². The van der Waals surface area contributed by atoms with Gasteiger partial charge in [-0.05, 0) is 31.6 Å². The zero-order valence-electron chi connectivity index (χ0n) is 14.3. The Morgan fingerprint density at radius 1 is 1.09 bits per heavy atom. The number of piperidine rings is 1. The van der Waals surface area contributed by atoms with Gasteiger partial charge in [-0.15, -0.1) is 0 Å². The van der Waals surface area contributed by atoms with E-state index in [1.165, 1.54) is 32.1 Å². The van der Waals surface area contributed by atoms with Gasteiger partial charge in [-0.25, -0.2) is 0 Å². The molecule has 0 aromatic rings. The minimum Gasteiger partial charge on any atom is -0.356 e. The van der Waals surface area contributed by atoms with E-state index in [4.69, 9.17) is 0 Å². The molecule has 0 bridgehead atoms. The molecule has 1 aliphatic heterocycles. The highest BCUT2D eigenvalue weighted by atomic mass is 16.2. The van der Waals surface area contributed by atoms with E-state index in [9.17, 15) is 9.59 Å². The molecule has 2 amide bonds. The van der Waals surface area contributed by atoms with Crippen LogP contribution in [-0.4, -0.2) is 36.3 Å². The zero-order chi connectivity index (χ0) is 15.9. The third-order valence-corrected chi connectivity index (χ3v) is 5.23. The van der Waals surface area contributed by atoms with Gasteiger partial charge < -0.3 is 10.2 Å². The summed E-state index contributed by atoms with van der Waals surface area (Å²) in [5, 5.41) is 3.10. The van der Waals surface area contributed by atoms with E-state index < -0.39 is 0 Å². The van der Waals surface area contributed by atoms with Gasteiger partial charge in [0.05, 0.1) is 0 Å². The quantitative estimate of drug-likeness (QED) is 0.767. The number of carbonyl (C=O) groups is 2. The minimum atomic E-state index is 0.0564. The van der Waals surface area contributed by atoms with Gasteiger partial charge >= 0.3 is 0 Å². The van der Waals surface area contributed by atoms with E-state index in [2.05, 4.69) is 5.32 Å². The maximum atomic E-state index is 12.2. The number of nitrogens with one attached hydrogen (secondary N) is 1. The molecule has 4 nitrogen and oxygen atoms in total. The summed E-state index contributed by atoms with van der Waals surface area (Å²) in [5.74, 6) is 1.48. The van der Waals surface area contributed by atoms with Crippen LogP contribution in [0.25, 0.3) is 0 Å². The first kappa shape index (κ1) is 17.3. The van der Waals surface area contributed by atoms with Crippen LogP contribution in [0, 0.1) is 17.8 Å². The van der Waals surface area contributed by atoms with Crippen molar-refractivity contribution in [2.75, 3.05) is 19.6 Å². The van der Waals surface area contributed by atoms with Crippen molar-refractivity contribution in [1.29, 1.82) is 0 Å². The molecule has 0 aromatic carbocycles. The molecule has 0 spiro atoms. The van der Waals surface area contributed by atoms with Crippen LogP contribution in [0.15, 0.2) is 0 Å². The number of carbonyl (C=O) groups excluding carboxylic acids is 2. The smallest absolute Gasteiger partial charge is 0.225 e. The van der Waals surface area contributed by atoms with Crippen molar-refractivity contribution in [1.82, 2.24) is 10.2 Å². The van der Waals surface area contributed by atoms with E-state index in [0.717, 1.165) is 44.8 Å². The fourth-order valence-corrected chi connectivity index (χ4v) is 3.77. The van der Waals surface area contributed by atoms with Crippen LogP contribution >= 0.6 is 0 Å². The van der Waals surface area contributed by atoms with Gasteiger partial charge in [0, 0.05) is 31.5 Å². The average molecular weight is 308 g/mol. The summed E-state index contributed by atoms with van der Waals surface area (Å²) in [5.41, 5.74) is 0. The van der Waals surface area contributed by atoms with Crippen LogP contribution < -0.4 is 5.32 Å². The molecule has 0 radical (unpaired) electrons. The maximum Gasteiger partial charge on any atom is 0.225 e. The Bertz CT molecular complexity index is 367. The van der Waals surface area contributed by atoms with Crippen molar-refractivity contribution in [3.8, 4) is 0 Å². The summed E-state index contributed by atoms with van der Waals surface area (Å²) in [6.45, 7) is 6.16. The van der Waals surface area contributed by atoms with Gasteiger partial charge in [-0.3, -0.25) is 9.59 Å². The topological polar surface area (TPSA) is 49.4 Å². The lowest BCUT2D eigenvalue weighted by molar-refractivity contribution is -0.138. The molecule has 2 fully saturated rings. The van der Waals surface area contributed by atoms with Crippen LogP contribution in [-0.2, 0) is 9.59 Å². The van der Waals surface area contributed by atoms with Crippen LogP contribution in [0.5, 0.6) is 0 Å². The van der Waals surface area contributed by atoms with Crippen molar-refractivity contribution < 1.29 is 9.59 Å². The SMILES string of the molecule is CC(C)C(=O)N1CCC(C(=O)NCCCC2CCCC2)CC1.